The van der Waals surface area contributed by atoms with Crippen LogP contribution >= 0.6 is 0 Å². The highest BCUT2D eigenvalue weighted by Gasteiger charge is 2.40. The second-order valence-electron chi connectivity index (χ2n) is 7.21. The molecule has 146 valence electrons. The fourth-order valence-electron chi connectivity index (χ4n) is 3.04. The van der Waals surface area contributed by atoms with Crippen LogP contribution in [0.4, 0.5) is 0 Å². The zero-order valence-corrected chi connectivity index (χ0v) is 16.8. The first-order chi connectivity index (χ1) is 12.8. The van der Waals surface area contributed by atoms with Crippen LogP contribution in [-0.2, 0) is 16.4 Å². The zero-order chi connectivity index (χ0) is 19.5. The third kappa shape index (κ3) is 4.32. The number of rotatable bonds is 4. The minimum atomic E-state index is -3.09. The van der Waals surface area contributed by atoms with Gasteiger partial charge in [0.25, 0.3) is 0 Å². The molecule has 0 atom stereocenters. The second kappa shape index (κ2) is 7.72. The van der Waals surface area contributed by atoms with Gasteiger partial charge < -0.3 is 14.7 Å². The Hall–Kier alpha value is -2.35. The van der Waals surface area contributed by atoms with E-state index in [0.717, 1.165) is 11.3 Å². The van der Waals surface area contributed by atoms with Gasteiger partial charge in [-0.15, -0.1) is 0 Å². The lowest BCUT2D eigenvalue weighted by atomic mass is 10.1. The summed E-state index contributed by atoms with van der Waals surface area (Å²) in [5.74, 6) is 1.48. The molecule has 0 radical (unpaired) electrons. The maximum atomic E-state index is 12.2. The number of hydrogen-bond donors (Lipinski definition) is 1. The molecular formula is C19H26N4O3S. The molecule has 1 N–H and O–H groups in total. The van der Waals surface area contributed by atoms with Crippen LogP contribution in [0, 0.1) is 0 Å². The molecule has 2 heterocycles. The molecule has 27 heavy (non-hydrogen) atoms. The van der Waals surface area contributed by atoms with E-state index < -0.39 is 14.6 Å². The van der Waals surface area contributed by atoms with Gasteiger partial charge in [-0.25, -0.2) is 13.4 Å². The van der Waals surface area contributed by atoms with E-state index in [4.69, 9.17) is 4.52 Å². The molecule has 1 aromatic carbocycles. The summed E-state index contributed by atoms with van der Waals surface area (Å²) in [7, 11) is -3.09. The van der Waals surface area contributed by atoms with Gasteiger partial charge in [-0.2, -0.15) is 0 Å². The van der Waals surface area contributed by atoms with Gasteiger partial charge in [0, 0.05) is 31.3 Å². The molecule has 0 unspecified atom stereocenters. The van der Waals surface area contributed by atoms with Crippen LogP contribution in [-0.4, -0.2) is 54.6 Å². The lowest BCUT2D eigenvalue weighted by Crippen LogP contribution is -2.57. The van der Waals surface area contributed by atoms with Crippen molar-refractivity contribution in [3.63, 3.8) is 0 Å². The molecule has 8 heteroatoms. The van der Waals surface area contributed by atoms with Crippen molar-refractivity contribution < 1.29 is 12.9 Å². The number of sulfone groups is 1. The zero-order valence-electron chi connectivity index (χ0n) is 16.0. The van der Waals surface area contributed by atoms with Crippen LogP contribution < -0.4 is 5.32 Å². The summed E-state index contributed by atoms with van der Waals surface area (Å²) in [4.78, 5) is 6.63. The van der Waals surface area contributed by atoms with Gasteiger partial charge in [-0.05, 0) is 20.8 Å². The molecule has 0 spiro atoms. The number of hydrogen-bond acceptors (Lipinski definition) is 5. The van der Waals surface area contributed by atoms with Crippen molar-refractivity contribution >= 4 is 15.8 Å². The first kappa shape index (κ1) is 19.4. The summed E-state index contributed by atoms with van der Waals surface area (Å²) in [6.45, 7) is 7.40. The van der Waals surface area contributed by atoms with Crippen molar-refractivity contribution in [2.45, 2.75) is 32.1 Å². The third-order valence-electron chi connectivity index (χ3n) is 4.69. The maximum Gasteiger partial charge on any atom is 0.194 e. The SMILES string of the molecule is CCNC(=NCc1cc(-c2ccccc2)no1)N1CCS(=O)(=O)C(C)(C)C1. The summed E-state index contributed by atoms with van der Waals surface area (Å²) in [6.07, 6.45) is 0. The molecular weight excluding hydrogens is 364 g/mol. The number of guanidine groups is 1. The van der Waals surface area contributed by atoms with E-state index in [9.17, 15) is 8.42 Å². The molecule has 1 aliphatic heterocycles. The Morgan fingerprint density at radius 2 is 2.07 bits per heavy atom. The average molecular weight is 391 g/mol. The summed E-state index contributed by atoms with van der Waals surface area (Å²) >= 11 is 0. The maximum absolute atomic E-state index is 12.2. The fourth-order valence-corrected chi connectivity index (χ4v) is 4.40. The molecule has 0 saturated carbocycles. The van der Waals surface area contributed by atoms with E-state index >= 15 is 0 Å². The van der Waals surface area contributed by atoms with Gasteiger partial charge in [-0.3, -0.25) is 0 Å². The van der Waals surface area contributed by atoms with Crippen LogP contribution in [0.1, 0.15) is 26.5 Å². The molecule has 0 amide bonds. The Labute approximate surface area is 160 Å². The molecule has 1 fully saturated rings. The van der Waals surface area contributed by atoms with E-state index in [0.29, 0.717) is 37.9 Å². The van der Waals surface area contributed by atoms with E-state index in [2.05, 4.69) is 15.5 Å². The number of benzene rings is 1. The molecule has 7 nitrogen and oxygen atoms in total. The van der Waals surface area contributed by atoms with Crippen molar-refractivity contribution in [2.75, 3.05) is 25.4 Å². The minimum Gasteiger partial charge on any atom is -0.359 e. The Kier molecular flexibility index (Phi) is 5.55. The highest BCUT2D eigenvalue weighted by Crippen LogP contribution is 2.24. The van der Waals surface area contributed by atoms with Crippen molar-refractivity contribution in [2.24, 2.45) is 4.99 Å². The van der Waals surface area contributed by atoms with Gasteiger partial charge in [0.1, 0.15) is 12.2 Å². The predicted molar refractivity (Wildman–Crippen MR) is 106 cm³/mol. The van der Waals surface area contributed by atoms with Crippen LogP contribution in [0.2, 0.25) is 0 Å². The Morgan fingerprint density at radius 1 is 1.33 bits per heavy atom. The second-order valence-corrected chi connectivity index (χ2v) is 9.96. The molecule has 2 aromatic rings. The van der Waals surface area contributed by atoms with Gasteiger partial charge in [0.05, 0.1) is 10.5 Å². The Morgan fingerprint density at radius 3 is 2.74 bits per heavy atom. The average Bonchev–Trinajstić information content (AvgIpc) is 3.11. The van der Waals surface area contributed by atoms with Gasteiger partial charge in [-0.1, -0.05) is 35.5 Å². The number of aromatic nitrogens is 1. The highest BCUT2D eigenvalue weighted by atomic mass is 32.2. The van der Waals surface area contributed by atoms with Gasteiger partial charge >= 0.3 is 0 Å². The first-order valence-corrected chi connectivity index (χ1v) is 10.7. The summed E-state index contributed by atoms with van der Waals surface area (Å²) in [5.41, 5.74) is 1.77. The third-order valence-corrected chi connectivity index (χ3v) is 7.22. The predicted octanol–water partition coefficient (Wildman–Crippen LogP) is 2.32. The lowest BCUT2D eigenvalue weighted by Gasteiger charge is -2.39. The molecule has 1 saturated heterocycles. The minimum absolute atomic E-state index is 0.130. The van der Waals surface area contributed by atoms with E-state index in [1.807, 2.05) is 48.2 Å². The molecule has 0 bridgehead atoms. The van der Waals surface area contributed by atoms with Gasteiger partial charge in [0.2, 0.25) is 0 Å². The Balaban J connectivity index is 1.74. The Bertz CT molecular complexity index is 904. The number of nitrogens with one attached hydrogen (secondary N) is 1. The number of nitrogens with zero attached hydrogens (tertiary/aromatic N) is 3. The topological polar surface area (TPSA) is 87.8 Å². The van der Waals surface area contributed by atoms with Crippen LogP contribution in [0.3, 0.4) is 0 Å². The monoisotopic (exact) mass is 390 g/mol. The molecule has 3 rings (SSSR count). The lowest BCUT2D eigenvalue weighted by molar-refractivity contribution is 0.350. The molecule has 1 aromatic heterocycles. The number of aliphatic imine (C=N–C) groups is 1. The summed E-state index contributed by atoms with van der Waals surface area (Å²) in [6, 6.07) is 11.7. The van der Waals surface area contributed by atoms with E-state index in [1.54, 1.807) is 13.8 Å². The smallest absolute Gasteiger partial charge is 0.194 e. The largest absolute Gasteiger partial charge is 0.359 e. The van der Waals surface area contributed by atoms with Crippen molar-refractivity contribution in [1.82, 2.24) is 15.4 Å². The van der Waals surface area contributed by atoms with Crippen molar-refractivity contribution in [1.29, 1.82) is 0 Å². The normalized spacial score (nSPS) is 19.1. The summed E-state index contributed by atoms with van der Waals surface area (Å²) in [5, 5.41) is 7.35. The van der Waals surface area contributed by atoms with E-state index in [-0.39, 0.29) is 5.75 Å². The van der Waals surface area contributed by atoms with Gasteiger partial charge in [0.15, 0.2) is 21.6 Å². The highest BCUT2D eigenvalue weighted by molar-refractivity contribution is 7.92. The van der Waals surface area contributed by atoms with Crippen molar-refractivity contribution in [3.05, 3.63) is 42.2 Å². The fraction of sp³-hybridized carbons (Fsp3) is 0.474. The quantitative estimate of drug-likeness (QED) is 0.637. The molecule has 1 aliphatic rings. The van der Waals surface area contributed by atoms with Crippen molar-refractivity contribution in [3.8, 4) is 11.3 Å². The summed E-state index contributed by atoms with van der Waals surface area (Å²) < 4.78 is 29.1. The van der Waals surface area contributed by atoms with Crippen LogP contribution in [0.25, 0.3) is 11.3 Å². The van der Waals surface area contributed by atoms with E-state index in [1.165, 1.54) is 0 Å². The molecule has 0 aliphatic carbocycles. The first-order valence-electron chi connectivity index (χ1n) is 9.09. The van der Waals surface area contributed by atoms with Crippen LogP contribution in [0.5, 0.6) is 0 Å². The van der Waals surface area contributed by atoms with Crippen LogP contribution in [0.15, 0.2) is 45.9 Å². The standard InChI is InChI=1S/C19H26N4O3S/c1-4-20-18(23-10-11-27(24,25)19(2,3)14-23)21-13-16-12-17(22-26-16)15-8-6-5-7-9-15/h5-9,12H,4,10-11,13-14H2,1-3H3,(H,20,21).